The molecular formula is C14H13BrN2O. The Bertz CT molecular complexity index is 528. The van der Waals surface area contributed by atoms with Crippen molar-refractivity contribution < 1.29 is 4.79 Å². The van der Waals surface area contributed by atoms with Crippen molar-refractivity contribution in [1.82, 2.24) is 10.3 Å². The maximum atomic E-state index is 11.7. The standard InChI is InChI=1S/C14H13BrN2O/c15-13-5-1-3-11(9-13)6-8-17-14(18)12-4-2-7-16-10-12/h1-5,7,9-10H,6,8H2,(H,17,18). The third-order valence-corrected chi connectivity index (χ3v) is 3.01. The van der Waals surface area contributed by atoms with Gasteiger partial charge in [-0.25, -0.2) is 0 Å². The molecule has 1 amide bonds. The lowest BCUT2D eigenvalue weighted by Gasteiger charge is -2.05. The quantitative estimate of drug-likeness (QED) is 0.944. The Labute approximate surface area is 114 Å². The lowest BCUT2D eigenvalue weighted by molar-refractivity contribution is 0.0954. The predicted octanol–water partition coefficient (Wildman–Crippen LogP) is 2.82. The minimum Gasteiger partial charge on any atom is -0.352 e. The number of nitrogens with zero attached hydrogens (tertiary/aromatic N) is 1. The van der Waals surface area contributed by atoms with Crippen LogP contribution in [0.15, 0.2) is 53.3 Å². The molecule has 0 unspecified atom stereocenters. The average molecular weight is 305 g/mol. The van der Waals surface area contributed by atoms with Crippen molar-refractivity contribution in [2.45, 2.75) is 6.42 Å². The molecule has 0 atom stereocenters. The van der Waals surface area contributed by atoms with Gasteiger partial charge in [-0.3, -0.25) is 9.78 Å². The monoisotopic (exact) mass is 304 g/mol. The summed E-state index contributed by atoms with van der Waals surface area (Å²) in [4.78, 5) is 15.7. The number of carbonyl (C=O) groups is 1. The largest absolute Gasteiger partial charge is 0.352 e. The fourth-order valence-electron chi connectivity index (χ4n) is 1.61. The van der Waals surface area contributed by atoms with Crippen LogP contribution in [-0.4, -0.2) is 17.4 Å². The molecule has 3 nitrogen and oxygen atoms in total. The molecule has 0 aliphatic heterocycles. The van der Waals surface area contributed by atoms with Gasteiger partial charge in [-0.15, -0.1) is 0 Å². The van der Waals surface area contributed by atoms with Crippen molar-refractivity contribution in [3.8, 4) is 0 Å². The van der Waals surface area contributed by atoms with E-state index in [0.717, 1.165) is 10.9 Å². The molecule has 0 saturated carbocycles. The van der Waals surface area contributed by atoms with Crippen molar-refractivity contribution in [3.05, 3.63) is 64.4 Å². The summed E-state index contributed by atoms with van der Waals surface area (Å²) in [5, 5.41) is 2.87. The van der Waals surface area contributed by atoms with Crippen molar-refractivity contribution in [2.75, 3.05) is 6.54 Å². The van der Waals surface area contributed by atoms with Crippen LogP contribution in [0.25, 0.3) is 0 Å². The summed E-state index contributed by atoms with van der Waals surface area (Å²) in [5.74, 6) is -0.0851. The summed E-state index contributed by atoms with van der Waals surface area (Å²) >= 11 is 3.42. The summed E-state index contributed by atoms with van der Waals surface area (Å²) in [6.07, 6.45) is 4.03. The summed E-state index contributed by atoms with van der Waals surface area (Å²) in [6, 6.07) is 11.6. The van der Waals surface area contributed by atoms with Gasteiger partial charge in [0.05, 0.1) is 5.56 Å². The summed E-state index contributed by atoms with van der Waals surface area (Å²) in [6.45, 7) is 0.615. The highest BCUT2D eigenvalue weighted by atomic mass is 79.9. The van der Waals surface area contributed by atoms with Crippen molar-refractivity contribution in [2.24, 2.45) is 0 Å². The highest BCUT2D eigenvalue weighted by Gasteiger charge is 2.03. The Morgan fingerprint density at radius 3 is 2.89 bits per heavy atom. The SMILES string of the molecule is O=C(NCCc1cccc(Br)c1)c1cccnc1. The molecule has 0 bridgehead atoms. The third-order valence-electron chi connectivity index (χ3n) is 2.51. The topological polar surface area (TPSA) is 42.0 Å². The predicted molar refractivity (Wildman–Crippen MR) is 74.4 cm³/mol. The Hall–Kier alpha value is -1.68. The molecule has 0 spiro atoms. The maximum Gasteiger partial charge on any atom is 0.252 e. The van der Waals surface area contributed by atoms with Crippen LogP contribution >= 0.6 is 15.9 Å². The van der Waals surface area contributed by atoms with Gasteiger partial charge < -0.3 is 5.32 Å². The van der Waals surface area contributed by atoms with E-state index in [0.29, 0.717) is 12.1 Å². The van der Waals surface area contributed by atoms with E-state index in [9.17, 15) is 4.79 Å². The van der Waals surface area contributed by atoms with E-state index in [1.807, 2.05) is 18.2 Å². The van der Waals surface area contributed by atoms with Gasteiger partial charge in [0.2, 0.25) is 0 Å². The minimum absolute atomic E-state index is 0.0851. The Morgan fingerprint density at radius 2 is 2.17 bits per heavy atom. The van der Waals surface area contributed by atoms with Gasteiger partial charge in [-0.05, 0) is 36.2 Å². The second-order valence-corrected chi connectivity index (χ2v) is 4.79. The molecule has 0 aliphatic carbocycles. The van der Waals surface area contributed by atoms with Gasteiger partial charge in [-0.2, -0.15) is 0 Å². The first-order valence-corrected chi connectivity index (χ1v) is 6.47. The number of halogens is 1. The number of aromatic nitrogens is 1. The summed E-state index contributed by atoms with van der Waals surface area (Å²) in [7, 11) is 0. The molecule has 2 rings (SSSR count). The highest BCUT2D eigenvalue weighted by Crippen LogP contribution is 2.11. The second-order valence-electron chi connectivity index (χ2n) is 3.88. The van der Waals surface area contributed by atoms with E-state index < -0.39 is 0 Å². The molecule has 0 aliphatic rings. The van der Waals surface area contributed by atoms with Crippen LogP contribution in [0, 0.1) is 0 Å². The molecule has 1 aromatic carbocycles. The molecule has 1 aromatic heterocycles. The van der Waals surface area contributed by atoms with E-state index in [2.05, 4.69) is 32.3 Å². The van der Waals surface area contributed by atoms with Gasteiger partial charge in [0.25, 0.3) is 5.91 Å². The molecule has 0 fully saturated rings. The second kappa shape index (κ2) is 6.31. The summed E-state index contributed by atoms with van der Waals surface area (Å²) < 4.78 is 1.05. The molecule has 1 N–H and O–H groups in total. The fraction of sp³-hybridized carbons (Fsp3) is 0.143. The number of hydrogen-bond donors (Lipinski definition) is 1. The molecule has 2 aromatic rings. The van der Waals surface area contributed by atoms with Crippen LogP contribution in [0.3, 0.4) is 0 Å². The molecule has 92 valence electrons. The van der Waals surface area contributed by atoms with Crippen LogP contribution in [0.1, 0.15) is 15.9 Å². The van der Waals surface area contributed by atoms with Crippen LogP contribution in [0.2, 0.25) is 0 Å². The van der Waals surface area contributed by atoms with Crippen LogP contribution in [0.4, 0.5) is 0 Å². The molecule has 0 radical (unpaired) electrons. The minimum atomic E-state index is -0.0851. The fourth-order valence-corrected chi connectivity index (χ4v) is 2.06. The number of amides is 1. The smallest absolute Gasteiger partial charge is 0.252 e. The molecule has 0 saturated heterocycles. The highest BCUT2D eigenvalue weighted by molar-refractivity contribution is 9.10. The molecule has 1 heterocycles. The first-order chi connectivity index (χ1) is 8.75. The van der Waals surface area contributed by atoms with Crippen LogP contribution < -0.4 is 5.32 Å². The van der Waals surface area contributed by atoms with Crippen molar-refractivity contribution in [1.29, 1.82) is 0 Å². The number of nitrogens with one attached hydrogen (secondary N) is 1. The van der Waals surface area contributed by atoms with Crippen LogP contribution in [0.5, 0.6) is 0 Å². The Balaban J connectivity index is 1.84. The van der Waals surface area contributed by atoms with Gasteiger partial charge in [0, 0.05) is 23.4 Å². The summed E-state index contributed by atoms with van der Waals surface area (Å²) in [5.41, 5.74) is 1.78. The molecule has 4 heteroatoms. The molecular weight excluding hydrogens is 292 g/mol. The Kier molecular flexibility index (Phi) is 4.47. The first-order valence-electron chi connectivity index (χ1n) is 5.68. The van der Waals surface area contributed by atoms with E-state index in [1.165, 1.54) is 5.56 Å². The Morgan fingerprint density at radius 1 is 1.28 bits per heavy atom. The van der Waals surface area contributed by atoms with Crippen LogP contribution in [-0.2, 0) is 6.42 Å². The van der Waals surface area contributed by atoms with Crippen molar-refractivity contribution in [3.63, 3.8) is 0 Å². The van der Waals surface area contributed by atoms with E-state index in [4.69, 9.17) is 0 Å². The number of pyridine rings is 1. The van der Waals surface area contributed by atoms with Gasteiger partial charge >= 0.3 is 0 Å². The average Bonchev–Trinajstić information content (AvgIpc) is 2.40. The van der Waals surface area contributed by atoms with E-state index in [1.54, 1.807) is 24.5 Å². The number of hydrogen-bond acceptors (Lipinski definition) is 2. The number of carbonyl (C=O) groups excluding carboxylic acids is 1. The van der Waals surface area contributed by atoms with Gasteiger partial charge in [0.1, 0.15) is 0 Å². The lowest BCUT2D eigenvalue weighted by Crippen LogP contribution is -2.25. The van der Waals surface area contributed by atoms with Crippen molar-refractivity contribution >= 4 is 21.8 Å². The third kappa shape index (κ3) is 3.67. The first kappa shape index (κ1) is 12.8. The number of rotatable bonds is 4. The van der Waals surface area contributed by atoms with E-state index >= 15 is 0 Å². The normalized spacial score (nSPS) is 10.1. The van der Waals surface area contributed by atoms with E-state index in [-0.39, 0.29) is 5.91 Å². The lowest BCUT2D eigenvalue weighted by atomic mass is 10.1. The van der Waals surface area contributed by atoms with Gasteiger partial charge in [0.15, 0.2) is 0 Å². The zero-order valence-electron chi connectivity index (χ0n) is 9.77. The maximum absolute atomic E-state index is 11.7. The number of benzene rings is 1. The van der Waals surface area contributed by atoms with Gasteiger partial charge in [-0.1, -0.05) is 28.1 Å². The zero-order chi connectivity index (χ0) is 12.8. The molecule has 18 heavy (non-hydrogen) atoms. The zero-order valence-corrected chi connectivity index (χ0v) is 11.4.